The molecule has 4 rings (SSSR count). The molecule has 0 atom stereocenters. The molecule has 2 heterocycles. The van der Waals surface area contributed by atoms with Crippen LogP contribution in [-0.2, 0) is 17.9 Å². The highest BCUT2D eigenvalue weighted by atomic mass is 32.2. The fourth-order valence-electron chi connectivity index (χ4n) is 3.49. The number of hydrogen-bond donors (Lipinski definition) is 1. The Bertz CT molecular complexity index is 1390. The van der Waals surface area contributed by atoms with Crippen molar-refractivity contribution in [1.82, 2.24) is 19.3 Å². The van der Waals surface area contributed by atoms with Crippen LogP contribution < -0.4 is 15.6 Å². The van der Waals surface area contributed by atoms with E-state index < -0.39 is 0 Å². The minimum Gasteiger partial charge on any atom is -0.497 e. The summed E-state index contributed by atoms with van der Waals surface area (Å²) in [5.74, 6) is 0.696. The summed E-state index contributed by atoms with van der Waals surface area (Å²) in [7, 11) is 1.61. The van der Waals surface area contributed by atoms with E-state index in [2.05, 4.69) is 15.4 Å². The fourth-order valence-corrected chi connectivity index (χ4v) is 4.29. The van der Waals surface area contributed by atoms with Crippen molar-refractivity contribution in [2.75, 3.05) is 18.2 Å². The first kappa shape index (κ1) is 23.6. The van der Waals surface area contributed by atoms with Crippen LogP contribution in [-0.4, -0.2) is 38.1 Å². The van der Waals surface area contributed by atoms with Crippen LogP contribution in [0.25, 0.3) is 11.0 Å². The summed E-state index contributed by atoms with van der Waals surface area (Å²) in [6, 6.07) is 13.3. The summed E-state index contributed by atoms with van der Waals surface area (Å²) < 4.78 is 8.49. The minimum absolute atomic E-state index is 0.120. The van der Waals surface area contributed by atoms with E-state index in [4.69, 9.17) is 4.74 Å². The maximum atomic E-state index is 13.3. The van der Waals surface area contributed by atoms with Crippen LogP contribution >= 0.6 is 11.8 Å². The number of methoxy groups -OCH3 is 1. The zero-order chi connectivity index (χ0) is 24.2. The van der Waals surface area contributed by atoms with Crippen LogP contribution in [0.2, 0.25) is 0 Å². The quantitative estimate of drug-likeness (QED) is 0.305. The predicted molar refractivity (Wildman–Crippen MR) is 135 cm³/mol. The standard InChI is InChI=1S/C25H27N5O3S/c1-5-29-14-21-23(28-29)24(32)30(13-18-7-10-20(33-4)11-8-18)25(27-21)34-15-22(31)26-19-9-6-16(2)17(3)12-19/h6-12,14H,5,13,15H2,1-4H3,(H,26,31). The van der Waals surface area contributed by atoms with Crippen molar-refractivity contribution in [3.05, 3.63) is 75.7 Å². The molecule has 0 aliphatic rings. The number of aryl methyl sites for hydroxylation is 3. The molecule has 0 fully saturated rings. The van der Waals surface area contributed by atoms with E-state index in [0.717, 1.165) is 22.6 Å². The van der Waals surface area contributed by atoms with E-state index in [1.165, 1.54) is 17.3 Å². The molecular formula is C25H27N5O3S. The van der Waals surface area contributed by atoms with Gasteiger partial charge in [0.2, 0.25) is 5.91 Å². The van der Waals surface area contributed by atoms with E-state index in [0.29, 0.717) is 29.3 Å². The summed E-state index contributed by atoms with van der Waals surface area (Å²) >= 11 is 1.23. The lowest BCUT2D eigenvalue weighted by Gasteiger charge is -2.12. The van der Waals surface area contributed by atoms with E-state index in [1.807, 2.05) is 63.2 Å². The van der Waals surface area contributed by atoms with Crippen LogP contribution in [0.5, 0.6) is 5.75 Å². The minimum atomic E-state index is -0.231. The summed E-state index contributed by atoms with van der Waals surface area (Å²) in [4.78, 5) is 30.6. The van der Waals surface area contributed by atoms with Gasteiger partial charge in [0, 0.05) is 12.2 Å². The highest BCUT2D eigenvalue weighted by Gasteiger charge is 2.17. The van der Waals surface area contributed by atoms with E-state index >= 15 is 0 Å². The Labute approximate surface area is 202 Å². The zero-order valence-electron chi connectivity index (χ0n) is 19.7. The van der Waals surface area contributed by atoms with Gasteiger partial charge in [-0.2, -0.15) is 5.10 Å². The zero-order valence-corrected chi connectivity index (χ0v) is 20.5. The van der Waals surface area contributed by atoms with Crippen molar-refractivity contribution in [3.63, 3.8) is 0 Å². The number of amides is 1. The molecule has 0 bridgehead atoms. The van der Waals surface area contributed by atoms with Gasteiger partial charge in [-0.25, -0.2) is 4.98 Å². The number of hydrogen-bond acceptors (Lipinski definition) is 6. The van der Waals surface area contributed by atoms with Gasteiger partial charge in [-0.1, -0.05) is 30.0 Å². The van der Waals surface area contributed by atoms with Gasteiger partial charge in [-0.15, -0.1) is 0 Å². The Kier molecular flexibility index (Phi) is 7.02. The van der Waals surface area contributed by atoms with Gasteiger partial charge < -0.3 is 10.1 Å². The second-order valence-corrected chi connectivity index (χ2v) is 8.93. The third kappa shape index (κ3) is 5.14. The average molecular weight is 478 g/mol. The SMILES string of the molecule is CCn1cc2nc(SCC(=O)Nc3ccc(C)c(C)c3)n(Cc3ccc(OC)cc3)c(=O)c2n1. The maximum absolute atomic E-state index is 13.3. The third-order valence-electron chi connectivity index (χ3n) is 5.58. The summed E-state index contributed by atoms with van der Waals surface area (Å²) in [6.07, 6.45) is 1.76. The molecule has 34 heavy (non-hydrogen) atoms. The lowest BCUT2D eigenvalue weighted by molar-refractivity contribution is -0.113. The molecule has 9 heteroatoms. The first-order valence-electron chi connectivity index (χ1n) is 11.0. The Morgan fingerprint density at radius 3 is 2.56 bits per heavy atom. The van der Waals surface area contributed by atoms with Crippen LogP contribution in [0, 0.1) is 13.8 Å². The molecule has 0 saturated carbocycles. The molecule has 0 radical (unpaired) electrons. The van der Waals surface area contributed by atoms with Crippen LogP contribution in [0.15, 0.2) is 58.6 Å². The van der Waals surface area contributed by atoms with E-state index in [9.17, 15) is 9.59 Å². The average Bonchev–Trinajstić information content (AvgIpc) is 3.26. The van der Waals surface area contributed by atoms with Crippen molar-refractivity contribution in [3.8, 4) is 5.75 Å². The van der Waals surface area contributed by atoms with Crippen molar-refractivity contribution >= 4 is 34.4 Å². The van der Waals surface area contributed by atoms with Gasteiger partial charge in [-0.3, -0.25) is 18.8 Å². The predicted octanol–water partition coefficient (Wildman–Crippen LogP) is 4.02. The van der Waals surface area contributed by atoms with Gasteiger partial charge >= 0.3 is 0 Å². The summed E-state index contributed by atoms with van der Waals surface area (Å²) in [5, 5.41) is 7.77. The molecule has 0 spiro atoms. The Hall–Kier alpha value is -3.59. The van der Waals surface area contributed by atoms with Crippen molar-refractivity contribution in [2.24, 2.45) is 0 Å². The number of carbonyl (C=O) groups is 1. The number of anilines is 1. The first-order valence-corrected chi connectivity index (χ1v) is 12.0. The van der Waals surface area contributed by atoms with Crippen molar-refractivity contribution in [2.45, 2.75) is 39.0 Å². The summed E-state index contributed by atoms with van der Waals surface area (Å²) in [5.41, 5.74) is 4.55. The Morgan fingerprint density at radius 1 is 1.12 bits per heavy atom. The van der Waals surface area contributed by atoms with Gasteiger partial charge in [0.15, 0.2) is 10.7 Å². The van der Waals surface area contributed by atoms with Gasteiger partial charge in [-0.05, 0) is 61.7 Å². The van der Waals surface area contributed by atoms with Gasteiger partial charge in [0.25, 0.3) is 5.56 Å². The molecule has 4 aromatic rings. The molecule has 2 aromatic heterocycles. The van der Waals surface area contributed by atoms with Crippen LogP contribution in [0.4, 0.5) is 5.69 Å². The number of nitrogens with one attached hydrogen (secondary N) is 1. The molecule has 1 N–H and O–H groups in total. The number of ether oxygens (including phenoxy) is 1. The molecule has 1 amide bonds. The van der Waals surface area contributed by atoms with Crippen molar-refractivity contribution < 1.29 is 9.53 Å². The number of aromatic nitrogens is 4. The molecule has 0 aliphatic heterocycles. The second-order valence-electron chi connectivity index (χ2n) is 7.99. The van der Waals surface area contributed by atoms with Crippen LogP contribution in [0.1, 0.15) is 23.6 Å². The smallest absolute Gasteiger partial charge is 0.282 e. The maximum Gasteiger partial charge on any atom is 0.282 e. The topological polar surface area (TPSA) is 91.0 Å². The first-order chi connectivity index (χ1) is 16.4. The number of fused-ring (bicyclic) bond motifs is 1. The molecule has 0 saturated heterocycles. The van der Waals surface area contributed by atoms with Crippen molar-refractivity contribution in [1.29, 1.82) is 0 Å². The van der Waals surface area contributed by atoms with Gasteiger partial charge in [0.05, 0.1) is 25.6 Å². The molecule has 8 nitrogen and oxygen atoms in total. The Morgan fingerprint density at radius 2 is 1.88 bits per heavy atom. The Balaban J connectivity index is 1.61. The molecule has 0 unspecified atom stereocenters. The largest absolute Gasteiger partial charge is 0.497 e. The number of carbonyl (C=O) groups excluding carboxylic acids is 1. The highest BCUT2D eigenvalue weighted by Crippen LogP contribution is 2.21. The fraction of sp³-hybridized carbons (Fsp3) is 0.280. The monoisotopic (exact) mass is 477 g/mol. The van der Waals surface area contributed by atoms with Gasteiger partial charge in [0.1, 0.15) is 11.3 Å². The van der Waals surface area contributed by atoms with E-state index in [-0.39, 0.29) is 17.2 Å². The molecule has 0 aliphatic carbocycles. The van der Waals surface area contributed by atoms with Crippen LogP contribution in [0.3, 0.4) is 0 Å². The summed E-state index contributed by atoms with van der Waals surface area (Å²) in [6.45, 7) is 6.93. The number of benzene rings is 2. The normalized spacial score (nSPS) is 11.1. The third-order valence-corrected chi connectivity index (χ3v) is 6.56. The lowest BCUT2D eigenvalue weighted by Crippen LogP contribution is -2.25. The lowest BCUT2D eigenvalue weighted by atomic mass is 10.1. The van der Waals surface area contributed by atoms with E-state index in [1.54, 1.807) is 22.6 Å². The number of nitrogens with zero attached hydrogens (tertiary/aromatic N) is 4. The number of rotatable bonds is 8. The number of thioether (sulfide) groups is 1. The highest BCUT2D eigenvalue weighted by molar-refractivity contribution is 7.99. The molecule has 176 valence electrons. The second kappa shape index (κ2) is 10.1. The molecule has 2 aromatic carbocycles. The molecular weight excluding hydrogens is 450 g/mol.